The van der Waals surface area contributed by atoms with Crippen LogP contribution < -0.4 is 5.32 Å². The van der Waals surface area contributed by atoms with E-state index < -0.39 is 27.2 Å². The van der Waals surface area contributed by atoms with Crippen molar-refractivity contribution in [2.45, 2.75) is 17.8 Å². The Labute approximate surface area is 87.0 Å². The minimum absolute atomic E-state index is 0.119. The molecule has 1 aliphatic heterocycles. The average molecular weight is 237 g/mol. The van der Waals surface area contributed by atoms with E-state index >= 15 is 0 Å². The van der Waals surface area contributed by atoms with Crippen LogP contribution in [0, 0.1) is 11.3 Å². The third kappa shape index (κ3) is 2.86. The SMILES string of the molecule is N#CCC(=O)N[C@@H]1CS(=O)(=O)C[C@H]1Cl. The van der Waals surface area contributed by atoms with E-state index in [1.807, 2.05) is 0 Å². The Kier molecular flexibility index (Phi) is 3.34. The van der Waals surface area contributed by atoms with Crippen LogP contribution in [0.4, 0.5) is 0 Å². The van der Waals surface area contributed by atoms with E-state index in [2.05, 4.69) is 5.32 Å². The molecule has 1 amide bonds. The van der Waals surface area contributed by atoms with Crippen LogP contribution in [0.3, 0.4) is 0 Å². The molecule has 0 aliphatic carbocycles. The predicted molar refractivity (Wildman–Crippen MR) is 50.5 cm³/mol. The fourth-order valence-corrected chi connectivity index (χ4v) is 3.82. The molecule has 1 saturated heterocycles. The first kappa shape index (κ1) is 11.3. The Balaban J connectivity index is 2.56. The number of nitrogens with zero attached hydrogens (tertiary/aromatic N) is 1. The van der Waals surface area contributed by atoms with Crippen molar-refractivity contribution in [2.75, 3.05) is 11.5 Å². The summed E-state index contributed by atoms with van der Waals surface area (Å²) in [6, 6.07) is 1.11. The molecule has 0 unspecified atom stereocenters. The number of alkyl halides is 1. The van der Waals surface area contributed by atoms with Gasteiger partial charge >= 0.3 is 0 Å². The number of hydrogen-bond donors (Lipinski definition) is 1. The molecule has 0 bridgehead atoms. The number of nitrogens with one attached hydrogen (secondary N) is 1. The molecule has 0 aromatic heterocycles. The molecule has 1 fully saturated rings. The number of amides is 1. The highest BCUT2D eigenvalue weighted by molar-refractivity contribution is 7.91. The van der Waals surface area contributed by atoms with E-state index in [1.54, 1.807) is 6.07 Å². The first-order valence-corrected chi connectivity index (χ1v) is 6.21. The Bertz CT molecular complexity index is 373. The van der Waals surface area contributed by atoms with Crippen LogP contribution >= 0.6 is 11.6 Å². The molecule has 5 nitrogen and oxygen atoms in total. The quantitative estimate of drug-likeness (QED) is 0.650. The van der Waals surface area contributed by atoms with Gasteiger partial charge in [-0.25, -0.2) is 8.42 Å². The first-order valence-electron chi connectivity index (χ1n) is 3.95. The van der Waals surface area contributed by atoms with Gasteiger partial charge in [-0.1, -0.05) is 0 Å². The summed E-state index contributed by atoms with van der Waals surface area (Å²) in [5.74, 6) is -0.745. The van der Waals surface area contributed by atoms with E-state index in [1.165, 1.54) is 0 Å². The molecule has 14 heavy (non-hydrogen) atoms. The molecule has 2 atom stereocenters. The molecule has 0 aromatic carbocycles. The highest BCUT2D eigenvalue weighted by Crippen LogP contribution is 2.17. The van der Waals surface area contributed by atoms with Crippen molar-refractivity contribution >= 4 is 27.3 Å². The Morgan fingerprint density at radius 1 is 1.57 bits per heavy atom. The summed E-state index contributed by atoms with van der Waals surface area (Å²) >= 11 is 5.73. The van der Waals surface area contributed by atoms with Gasteiger partial charge in [-0.15, -0.1) is 11.6 Å². The fraction of sp³-hybridized carbons (Fsp3) is 0.714. The molecular formula is C7H9ClN2O3S. The van der Waals surface area contributed by atoms with Crippen LogP contribution in [0.5, 0.6) is 0 Å². The smallest absolute Gasteiger partial charge is 0.234 e. The maximum absolute atomic E-state index is 11.1. The molecule has 0 radical (unpaired) electrons. The number of sulfone groups is 1. The van der Waals surface area contributed by atoms with Crippen LogP contribution in [-0.4, -0.2) is 37.2 Å². The van der Waals surface area contributed by atoms with E-state index in [4.69, 9.17) is 16.9 Å². The fourth-order valence-electron chi connectivity index (χ4n) is 1.27. The van der Waals surface area contributed by atoms with Crippen LogP contribution in [0.1, 0.15) is 6.42 Å². The third-order valence-corrected chi connectivity index (χ3v) is 4.24. The molecule has 7 heteroatoms. The summed E-state index contributed by atoms with van der Waals surface area (Å²) in [7, 11) is -3.13. The second kappa shape index (κ2) is 4.15. The summed E-state index contributed by atoms with van der Waals surface area (Å²) in [6.45, 7) is 0. The summed E-state index contributed by atoms with van der Waals surface area (Å²) in [4.78, 5) is 11.0. The zero-order chi connectivity index (χ0) is 10.8. The Morgan fingerprint density at radius 3 is 2.64 bits per heavy atom. The topological polar surface area (TPSA) is 87.0 Å². The largest absolute Gasteiger partial charge is 0.350 e. The van der Waals surface area contributed by atoms with Gasteiger partial charge < -0.3 is 5.32 Å². The molecule has 1 heterocycles. The van der Waals surface area contributed by atoms with Gasteiger partial charge in [0, 0.05) is 0 Å². The van der Waals surface area contributed by atoms with E-state index in [0.29, 0.717) is 0 Å². The van der Waals surface area contributed by atoms with Crippen molar-refractivity contribution < 1.29 is 13.2 Å². The molecule has 1 aliphatic rings. The maximum Gasteiger partial charge on any atom is 0.234 e. The molecule has 0 spiro atoms. The molecular weight excluding hydrogens is 228 g/mol. The lowest BCUT2D eigenvalue weighted by molar-refractivity contribution is -0.120. The van der Waals surface area contributed by atoms with E-state index in [9.17, 15) is 13.2 Å². The predicted octanol–water partition coefficient (Wildman–Crippen LogP) is -0.579. The van der Waals surface area contributed by atoms with Crippen molar-refractivity contribution in [3.05, 3.63) is 0 Å². The van der Waals surface area contributed by atoms with Gasteiger partial charge in [-0.05, 0) is 0 Å². The molecule has 78 valence electrons. The lowest BCUT2D eigenvalue weighted by Gasteiger charge is -2.12. The number of rotatable bonds is 2. The number of hydrogen-bond acceptors (Lipinski definition) is 4. The third-order valence-electron chi connectivity index (χ3n) is 1.87. The van der Waals surface area contributed by atoms with Crippen LogP contribution in [0.15, 0.2) is 0 Å². The van der Waals surface area contributed by atoms with Crippen molar-refractivity contribution in [1.29, 1.82) is 5.26 Å². The summed E-state index contributed by atoms with van der Waals surface area (Å²) in [5, 5.41) is 10.0. The van der Waals surface area contributed by atoms with E-state index in [0.717, 1.165) is 0 Å². The lowest BCUT2D eigenvalue weighted by atomic mass is 10.2. The van der Waals surface area contributed by atoms with Gasteiger partial charge in [0.1, 0.15) is 6.42 Å². The zero-order valence-corrected chi connectivity index (χ0v) is 8.81. The normalized spacial score (nSPS) is 29.4. The minimum Gasteiger partial charge on any atom is -0.350 e. The van der Waals surface area contributed by atoms with Crippen molar-refractivity contribution in [3.8, 4) is 6.07 Å². The van der Waals surface area contributed by atoms with Crippen LogP contribution in [-0.2, 0) is 14.6 Å². The standard InChI is InChI=1S/C7H9ClN2O3S/c8-5-3-14(12,13)4-6(5)10-7(11)1-2-9/h5-6H,1,3-4H2,(H,10,11)/t5-,6-/m1/s1. The van der Waals surface area contributed by atoms with Gasteiger partial charge in [-0.3, -0.25) is 4.79 Å². The van der Waals surface area contributed by atoms with Crippen molar-refractivity contribution in [3.63, 3.8) is 0 Å². The first-order chi connectivity index (χ1) is 6.44. The molecule has 1 N–H and O–H groups in total. The van der Waals surface area contributed by atoms with Crippen LogP contribution in [0.25, 0.3) is 0 Å². The van der Waals surface area contributed by atoms with Crippen molar-refractivity contribution in [1.82, 2.24) is 5.32 Å². The maximum atomic E-state index is 11.1. The monoisotopic (exact) mass is 236 g/mol. The molecule has 0 saturated carbocycles. The van der Waals surface area contributed by atoms with Gasteiger partial charge in [-0.2, -0.15) is 5.26 Å². The van der Waals surface area contributed by atoms with Gasteiger partial charge in [0.15, 0.2) is 9.84 Å². The second-order valence-electron chi connectivity index (χ2n) is 3.10. The van der Waals surface area contributed by atoms with Crippen LogP contribution in [0.2, 0.25) is 0 Å². The zero-order valence-electron chi connectivity index (χ0n) is 7.23. The van der Waals surface area contributed by atoms with Gasteiger partial charge in [0.05, 0.1) is 29.0 Å². The average Bonchev–Trinajstić information content (AvgIpc) is 2.25. The lowest BCUT2D eigenvalue weighted by Crippen LogP contribution is -2.40. The second-order valence-corrected chi connectivity index (χ2v) is 5.82. The Hall–Kier alpha value is -0.800. The number of nitriles is 1. The summed E-state index contributed by atoms with van der Waals surface area (Å²) in [5.41, 5.74) is 0. The van der Waals surface area contributed by atoms with Gasteiger partial charge in [0.2, 0.25) is 5.91 Å². The molecule has 0 aromatic rings. The Morgan fingerprint density at radius 2 is 2.21 bits per heavy atom. The highest BCUT2D eigenvalue weighted by Gasteiger charge is 2.37. The molecule has 1 rings (SSSR count). The number of carbonyl (C=O) groups is 1. The highest BCUT2D eigenvalue weighted by atomic mass is 35.5. The summed E-state index contributed by atoms with van der Waals surface area (Å²) in [6.07, 6.45) is -0.278. The number of carbonyl (C=O) groups excluding carboxylic acids is 1. The van der Waals surface area contributed by atoms with Gasteiger partial charge in [0.25, 0.3) is 0 Å². The van der Waals surface area contributed by atoms with Crippen molar-refractivity contribution in [2.24, 2.45) is 0 Å². The summed E-state index contributed by atoms with van der Waals surface area (Å²) < 4.78 is 22.2. The van der Waals surface area contributed by atoms with E-state index in [-0.39, 0.29) is 17.9 Å². The number of halogens is 1. The minimum atomic E-state index is -3.13.